The first-order chi connectivity index (χ1) is 7.15. The van der Waals surface area contributed by atoms with Crippen molar-refractivity contribution in [3.8, 4) is 0 Å². The van der Waals surface area contributed by atoms with Crippen molar-refractivity contribution in [3.05, 3.63) is 35.9 Å². The molecule has 1 aromatic carbocycles. The van der Waals surface area contributed by atoms with Gasteiger partial charge in [-0.05, 0) is 18.1 Å². The summed E-state index contributed by atoms with van der Waals surface area (Å²) in [7, 11) is 0. The number of nitrogens with one attached hydrogen (secondary N) is 1. The number of hydrogen-bond acceptors (Lipinski definition) is 2. The van der Waals surface area contributed by atoms with Crippen LogP contribution in [0.4, 0.5) is 0 Å². The highest BCUT2D eigenvalue weighted by molar-refractivity contribution is 5.94. The van der Waals surface area contributed by atoms with Gasteiger partial charge in [0.2, 0.25) is 0 Å². The summed E-state index contributed by atoms with van der Waals surface area (Å²) in [6.45, 7) is 3.90. The zero-order chi connectivity index (χ0) is 11.3. The Kier molecular flexibility index (Phi) is 4.31. The van der Waals surface area contributed by atoms with Gasteiger partial charge in [-0.25, -0.2) is 0 Å². The fraction of sp³-hybridized carbons (Fsp3) is 0.417. The van der Waals surface area contributed by atoms with Gasteiger partial charge in [0, 0.05) is 5.56 Å². The molecular weight excluding hydrogens is 190 g/mol. The maximum Gasteiger partial charge on any atom is 0.251 e. The van der Waals surface area contributed by atoms with E-state index in [4.69, 9.17) is 5.11 Å². The molecule has 0 saturated heterocycles. The van der Waals surface area contributed by atoms with Crippen LogP contribution in [0.15, 0.2) is 30.3 Å². The lowest BCUT2D eigenvalue weighted by molar-refractivity contribution is 0.0897. The van der Waals surface area contributed by atoms with Crippen LogP contribution in [-0.4, -0.2) is 23.7 Å². The summed E-state index contributed by atoms with van der Waals surface area (Å²) in [6.07, 6.45) is 0. The number of aliphatic hydroxyl groups is 1. The third-order valence-electron chi connectivity index (χ3n) is 2.35. The zero-order valence-electron chi connectivity index (χ0n) is 9.10. The predicted molar refractivity (Wildman–Crippen MR) is 59.6 cm³/mol. The van der Waals surface area contributed by atoms with Gasteiger partial charge in [-0.2, -0.15) is 0 Å². The predicted octanol–water partition coefficient (Wildman–Crippen LogP) is 1.43. The first-order valence-corrected chi connectivity index (χ1v) is 5.12. The standard InChI is InChI=1S/C12H17NO2/c1-9(2)11(8-14)13-12(15)10-6-4-3-5-7-10/h3-7,9,11,14H,8H2,1-2H3,(H,13,15). The molecule has 2 N–H and O–H groups in total. The molecule has 0 bridgehead atoms. The molecule has 0 heterocycles. The second kappa shape index (κ2) is 5.51. The van der Waals surface area contributed by atoms with Gasteiger partial charge in [0.05, 0.1) is 12.6 Å². The third-order valence-corrected chi connectivity index (χ3v) is 2.35. The molecule has 0 aromatic heterocycles. The smallest absolute Gasteiger partial charge is 0.251 e. The highest BCUT2D eigenvalue weighted by Crippen LogP contribution is 2.03. The number of amides is 1. The van der Waals surface area contributed by atoms with Gasteiger partial charge in [0.25, 0.3) is 5.91 Å². The van der Waals surface area contributed by atoms with Crippen molar-refractivity contribution in [1.29, 1.82) is 0 Å². The normalized spacial score (nSPS) is 12.5. The minimum Gasteiger partial charge on any atom is -0.394 e. The summed E-state index contributed by atoms with van der Waals surface area (Å²) in [6, 6.07) is 8.82. The zero-order valence-corrected chi connectivity index (χ0v) is 9.10. The van der Waals surface area contributed by atoms with Crippen molar-refractivity contribution in [2.75, 3.05) is 6.61 Å². The van der Waals surface area contributed by atoms with Crippen LogP contribution < -0.4 is 5.32 Å². The molecule has 0 aliphatic heterocycles. The maximum absolute atomic E-state index is 11.7. The third kappa shape index (κ3) is 3.36. The van der Waals surface area contributed by atoms with Crippen LogP contribution in [0.2, 0.25) is 0 Å². The Labute approximate surface area is 90.1 Å². The van der Waals surface area contributed by atoms with Gasteiger partial charge in [-0.3, -0.25) is 4.79 Å². The molecule has 1 amide bonds. The largest absolute Gasteiger partial charge is 0.394 e. The van der Waals surface area contributed by atoms with Gasteiger partial charge < -0.3 is 10.4 Å². The molecule has 1 unspecified atom stereocenters. The van der Waals surface area contributed by atoms with Crippen LogP contribution in [0.5, 0.6) is 0 Å². The van der Waals surface area contributed by atoms with Gasteiger partial charge in [-0.1, -0.05) is 32.0 Å². The highest BCUT2D eigenvalue weighted by Gasteiger charge is 2.15. The summed E-state index contributed by atoms with van der Waals surface area (Å²) >= 11 is 0. The second-order valence-corrected chi connectivity index (χ2v) is 3.87. The lowest BCUT2D eigenvalue weighted by atomic mass is 10.0. The van der Waals surface area contributed by atoms with Crippen LogP contribution in [0.25, 0.3) is 0 Å². The number of carbonyl (C=O) groups excluding carboxylic acids is 1. The van der Waals surface area contributed by atoms with E-state index in [-0.39, 0.29) is 24.5 Å². The van der Waals surface area contributed by atoms with E-state index in [1.165, 1.54) is 0 Å². The topological polar surface area (TPSA) is 49.3 Å². The van der Waals surface area contributed by atoms with Crippen LogP contribution in [0.1, 0.15) is 24.2 Å². The molecule has 82 valence electrons. The van der Waals surface area contributed by atoms with Crippen molar-refractivity contribution in [2.45, 2.75) is 19.9 Å². The minimum absolute atomic E-state index is 0.0315. The summed E-state index contributed by atoms with van der Waals surface area (Å²) < 4.78 is 0. The summed E-state index contributed by atoms with van der Waals surface area (Å²) in [5, 5.41) is 11.9. The van der Waals surface area contributed by atoms with E-state index in [2.05, 4.69) is 5.32 Å². The van der Waals surface area contributed by atoms with Crippen molar-refractivity contribution >= 4 is 5.91 Å². The molecule has 0 aliphatic carbocycles. The van der Waals surface area contributed by atoms with Crippen LogP contribution in [0.3, 0.4) is 0 Å². The minimum atomic E-state index is -0.183. The van der Waals surface area contributed by atoms with E-state index >= 15 is 0 Å². The summed E-state index contributed by atoms with van der Waals surface area (Å²) in [4.78, 5) is 11.7. The van der Waals surface area contributed by atoms with Crippen LogP contribution >= 0.6 is 0 Å². The van der Waals surface area contributed by atoms with Gasteiger partial charge in [0.1, 0.15) is 0 Å². The summed E-state index contributed by atoms with van der Waals surface area (Å²) in [5.74, 6) is 0.0889. The van der Waals surface area contributed by atoms with E-state index in [0.717, 1.165) is 0 Å². The second-order valence-electron chi connectivity index (χ2n) is 3.87. The molecule has 1 atom stereocenters. The van der Waals surface area contributed by atoms with Crippen molar-refractivity contribution < 1.29 is 9.90 Å². The first-order valence-electron chi connectivity index (χ1n) is 5.12. The number of rotatable bonds is 4. The molecular formula is C12H17NO2. The van der Waals surface area contributed by atoms with Crippen LogP contribution in [0, 0.1) is 5.92 Å². The lowest BCUT2D eigenvalue weighted by Gasteiger charge is -2.19. The number of aliphatic hydroxyl groups excluding tert-OH is 1. The molecule has 1 aromatic rings. The monoisotopic (exact) mass is 207 g/mol. The Morgan fingerprint density at radius 1 is 1.33 bits per heavy atom. The fourth-order valence-corrected chi connectivity index (χ4v) is 1.26. The van der Waals surface area contributed by atoms with E-state index in [0.29, 0.717) is 5.56 Å². The molecule has 0 aliphatic rings. The Morgan fingerprint density at radius 3 is 2.40 bits per heavy atom. The van der Waals surface area contributed by atoms with Gasteiger partial charge in [0.15, 0.2) is 0 Å². The molecule has 3 nitrogen and oxygen atoms in total. The van der Waals surface area contributed by atoms with Crippen molar-refractivity contribution in [2.24, 2.45) is 5.92 Å². The molecule has 15 heavy (non-hydrogen) atoms. The Balaban J connectivity index is 2.63. The summed E-state index contributed by atoms with van der Waals surface area (Å²) in [5.41, 5.74) is 0.622. The maximum atomic E-state index is 11.7. The number of carbonyl (C=O) groups is 1. The molecule has 1 rings (SSSR count). The number of benzene rings is 1. The Hall–Kier alpha value is -1.35. The average Bonchev–Trinajstić information content (AvgIpc) is 2.26. The molecule has 0 fully saturated rings. The van der Waals surface area contributed by atoms with Gasteiger partial charge in [-0.15, -0.1) is 0 Å². The van der Waals surface area contributed by atoms with E-state index in [1.807, 2.05) is 32.0 Å². The van der Waals surface area contributed by atoms with Crippen molar-refractivity contribution in [1.82, 2.24) is 5.32 Å². The van der Waals surface area contributed by atoms with Crippen LogP contribution in [-0.2, 0) is 0 Å². The number of hydrogen-bond donors (Lipinski definition) is 2. The van der Waals surface area contributed by atoms with Crippen molar-refractivity contribution in [3.63, 3.8) is 0 Å². The first kappa shape index (κ1) is 11.7. The lowest BCUT2D eigenvalue weighted by Crippen LogP contribution is -2.41. The molecule has 0 radical (unpaired) electrons. The van der Waals surface area contributed by atoms with E-state index in [9.17, 15) is 4.79 Å². The Bertz CT molecular complexity index is 309. The highest BCUT2D eigenvalue weighted by atomic mass is 16.3. The SMILES string of the molecule is CC(C)C(CO)NC(=O)c1ccccc1. The molecule has 3 heteroatoms. The van der Waals surface area contributed by atoms with E-state index < -0.39 is 0 Å². The fourth-order valence-electron chi connectivity index (χ4n) is 1.26. The Morgan fingerprint density at radius 2 is 1.93 bits per heavy atom. The molecule has 0 saturated carbocycles. The molecule has 0 spiro atoms. The van der Waals surface area contributed by atoms with E-state index in [1.54, 1.807) is 12.1 Å². The van der Waals surface area contributed by atoms with Gasteiger partial charge >= 0.3 is 0 Å². The quantitative estimate of drug-likeness (QED) is 0.784. The average molecular weight is 207 g/mol.